The summed E-state index contributed by atoms with van der Waals surface area (Å²) in [5.74, 6) is 1.23. The van der Waals surface area contributed by atoms with E-state index in [-0.39, 0.29) is 0 Å². The second-order valence-corrected chi connectivity index (χ2v) is 4.60. The van der Waals surface area contributed by atoms with Crippen LogP contribution in [0.2, 0.25) is 0 Å². The number of anilines is 1. The molecule has 0 aliphatic rings. The van der Waals surface area contributed by atoms with Crippen LogP contribution < -0.4 is 15.2 Å². The van der Waals surface area contributed by atoms with Gasteiger partial charge in [0.15, 0.2) is 0 Å². The van der Waals surface area contributed by atoms with Gasteiger partial charge >= 0.3 is 0 Å². The van der Waals surface area contributed by atoms with E-state index in [9.17, 15) is 0 Å². The third-order valence-electron chi connectivity index (χ3n) is 2.36. The van der Waals surface area contributed by atoms with Gasteiger partial charge in [0.25, 0.3) is 0 Å². The summed E-state index contributed by atoms with van der Waals surface area (Å²) in [7, 11) is 1.63. The van der Waals surface area contributed by atoms with E-state index in [2.05, 4.69) is 20.9 Å². The standard InChI is InChI=1S/C13H13BrN2O2/c1-17-11-4-2-3-9(5-11)8-18-13-12(15)6-10(14)7-16-13/h2-7H,8,15H2,1H3. The van der Waals surface area contributed by atoms with Crippen LogP contribution in [0.3, 0.4) is 0 Å². The molecule has 0 unspecified atom stereocenters. The Labute approximate surface area is 114 Å². The van der Waals surface area contributed by atoms with Crippen LogP contribution in [0, 0.1) is 0 Å². The summed E-state index contributed by atoms with van der Waals surface area (Å²) in [5.41, 5.74) is 7.30. The maximum Gasteiger partial charge on any atom is 0.237 e. The summed E-state index contributed by atoms with van der Waals surface area (Å²) >= 11 is 3.30. The first-order valence-electron chi connectivity index (χ1n) is 5.36. The van der Waals surface area contributed by atoms with Crippen molar-refractivity contribution in [1.29, 1.82) is 0 Å². The van der Waals surface area contributed by atoms with Crippen LogP contribution in [0.1, 0.15) is 5.56 Å². The largest absolute Gasteiger partial charge is 0.497 e. The maximum atomic E-state index is 5.80. The van der Waals surface area contributed by atoms with Crippen molar-refractivity contribution in [2.45, 2.75) is 6.61 Å². The number of aromatic nitrogens is 1. The molecule has 1 aromatic heterocycles. The number of nitrogen functional groups attached to an aromatic ring is 1. The summed E-state index contributed by atoms with van der Waals surface area (Å²) in [6.45, 7) is 0.399. The Morgan fingerprint density at radius 1 is 1.33 bits per heavy atom. The number of benzene rings is 1. The first kappa shape index (κ1) is 12.7. The lowest BCUT2D eigenvalue weighted by Gasteiger charge is -2.08. The predicted molar refractivity (Wildman–Crippen MR) is 73.7 cm³/mol. The number of hydrogen-bond acceptors (Lipinski definition) is 4. The Bertz CT molecular complexity index is 546. The van der Waals surface area contributed by atoms with Crippen molar-refractivity contribution in [2.75, 3.05) is 12.8 Å². The summed E-state index contributed by atoms with van der Waals surface area (Å²) in [6, 6.07) is 9.42. The molecule has 0 bridgehead atoms. The first-order valence-corrected chi connectivity index (χ1v) is 6.15. The Morgan fingerprint density at radius 3 is 2.89 bits per heavy atom. The van der Waals surface area contributed by atoms with Gasteiger partial charge in [0.05, 0.1) is 12.8 Å². The molecule has 1 heterocycles. The van der Waals surface area contributed by atoms with Crippen LogP contribution in [0.25, 0.3) is 0 Å². The van der Waals surface area contributed by atoms with E-state index in [1.54, 1.807) is 19.4 Å². The predicted octanol–water partition coefficient (Wildman–Crippen LogP) is 3.01. The molecular weight excluding hydrogens is 296 g/mol. The first-order chi connectivity index (χ1) is 8.69. The van der Waals surface area contributed by atoms with Gasteiger partial charge in [-0.25, -0.2) is 4.98 Å². The zero-order valence-corrected chi connectivity index (χ0v) is 11.5. The van der Waals surface area contributed by atoms with Gasteiger partial charge < -0.3 is 15.2 Å². The average molecular weight is 309 g/mol. The SMILES string of the molecule is COc1cccc(COc2ncc(Br)cc2N)c1. The summed E-state index contributed by atoms with van der Waals surface area (Å²) < 4.78 is 11.5. The Balaban J connectivity index is 2.06. The van der Waals surface area contributed by atoms with Gasteiger partial charge in [0.1, 0.15) is 12.4 Å². The highest BCUT2D eigenvalue weighted by Crippen LogP contribution is 2.23. The van der Waals surface area contributed by atoms with Crippen LogP contribution in [-0.4, -0.2) is 12.1 Å². The fourth-order valence-electron chi connectivity index (χ4n) is 1.48. The number of nitrogens with two attached hydrogens (primary N) is 1. The number of pyridine rings is 1. The minimum absolute atomic E-state index is 0.399. The fourth-order valence-corrected chi connectivity index (χ4v) is 1.83. The van der Waals surface area contributed by atoms with Crippen LogP contribution in [0.15, 0.2) is 41.0 Å². The molecule has 2 rings (SSSR count). The van der Waals surface area contributed by atoms with E-state index in [4.69, 9.17) is 15.2 Å². The second kappa shape index (κ2) is 5.73. The van der Waals surface area contributed by atoms with E-state index >= 15 is 0 Å². The lowest BCUT2D eigenvalue weighted by molar-refractivity contribution is 0.295. The topological polar surface area (TPSA) is 57.4 Å². The van der Waals surface area contributed by atoms with Gasteiger partial charge in [-0.2, -0.15) is 0 Å². The molecule has 0 fully saturated rings. The van der Waals surface area contributed by atoms with E-state index in [1.807, 2.05) is 24.3 Å². The number of halogens is 1. The third-order valence-corrected chi connectivity index (χ3v) is 2.79. The van der Waals surface area contributed by atoms with E-state index in [0.29, 0.717) is 18.2 Å². The summed E-state index contributed by atoms with van der Waals surface area (Å²) in [5, 5.41) is 0. The molecule has 0 amide bonds. The lowest BCUT2D eigenvalue weighted by Crippen LogP contribution is -2.01. The number of methoxy groups -OCH3 is 1. The molecule has 2 N–H and O–H groups in total. The minimum atomic E-state index is 0.399. The van der Waals surface area contributed by atoms with E-state index in [0.717, 1.165) is 15.8 Å². The molecule has 0 saturated heterocycles. The zero-order chi connectivity index (χ0) is 13.0. The fraction of sp³-hybridized carbons (Fsp3) is 0.154. The van der Waals surface area contributed by atoms with Crippen molar-refractivity contribution in [3.8, 4) is 11.6 Å². The molecule has 0 saturated carbocycles. The number of ether oxygens (including phenoxy) is 2. The highest BCUT2D eigenvalue weighted by molar-refractivity contribution is 9.10. The molecule has 4 nitrogen and oxygen atoms in total. The van der Waals surface area contributed by atoms with Crippen LogP contribution in [-0.2, 0) is 6.61 Å². The van der Waals surface area contributed by atoms with Gasteiger partial charge in [-0.1, -0.05) is 12.1 Å². The van der Waals surface area contributed by atoms with Crippen molar-refractivity contribution in [2.24, 2.45) is 0 Å². The highest BCUT2D eigenvalue weighted by atomic mass is 79.9. The second-order valence-electron chi connectivity index (χ2n) is 3.69. The third kappa shape index (κ3) is 3.13. The van der Waals surface area contributed by atoms with Crippen molar-refractivity contribution in [3.63, 3.8) is 0 Å². The Morgan fingerprint density at radius 2 is 2.17 bits per heavy atom. The van der Waals surface area contributed by atoms with Gasteiger partial charge in [0, 0.05) is 10.7 Å². The van der Waals surface area contributed by atoms with Gasteiger partial charge in [-0.05, 0) is 39.7 Å². The van der Waals surface area contributed by atoms with Crippen LogP contribution >= 0.6 is 15.9 Å². The molecular formula is C13H13BrN2O2. The lowest BCUT2D eigenvalue weighted by atomic mass is 10.2. The molecule has 5 heteroatoms. The maximum absolute atomic E-state index is 5.80. The van der Waals surface area contributed by atoms with Crippen molar-refractivity contribution < 1.29 is 9.47 Å². The van der Waals surface area contributed by atoms with Crippen molar-refractivity contribution in [1.82, 2.24) is 4.98 Å². The Kier molecular flexibility index (Phi) is 4.04. The number of hydrogen-bond donors (Lipinski definition) is 1. The molecule has 2 aromatic rings. The molecule has 0 atom stereocenters. The van der Waals surface area contributed by atoms with Crippen LogP contribution in [0.4, 0.5) is 5.69 Å². The number of rotatable bonds is 4. The normalized spacial score (nSPS) is 10.1. The molecule has 0 radical (unpaired) electrons. The molecule has 94 valence electrons. The summed E-state index contributed by atoms with van der Waals surface area (Å²) in [4.78, 5) is 4.11. The van der Waals surface area contributed by atoms with Gasteiger partial charge in [-0.15, -0.1) is 0 Å². The molecule has 0 spiro atoms. The molecule has 0 aliphatic heterocycles. The minimum Gasteiger partial charge on any atom is -0.497 e. The smallest absolute Gasteiger partial charge is 0.237 e. The zero-order valence-electron chi connectivity index (χ0n) is 9.89. The highest BCUT2D eigenvalue weighted by Gasteiger charge is 2.04. The van der Waals surface area contributed by atoms with Gasteiger partial charge in [-0.3, -0.25) is 0 Å². The van der Waals surface area contributed by atoms with Crippen molar-refractivity contribution in [3.05, 3.63) is 46.6 Å². The molecule has 0 aliphatic carbocycles. The summed E-state index contributed by atoms with van der Waals surface area (Å²) in [6.07, 6.45) is 1.65. The van der Waals surface area contributed by atoms with E-state index < -0.39 is 0 Å². The average Bonchev–Trinajstić information content (AvgIpc) is 2.38. The molecule has 18 heavy (non-hydrogen) atoms. The quantitative estimate of drug-likeness (QED) is 0.943. The Hall–Kier alpha value is -1.75. The number of nitrogens with zero attached hydrogens (tertiary/aromatic N) is 1. The van der Waals surface area contributed by atoms with Gasteiger partial charge in [0.2, 0.25) is 5.88 Å². The molecule has 1 aromatic carbocycles. The van der Waals surface area contributed by atoms with Crippen LogP contribution in [0.5, 0.6) is 11.6 Å². The van der Waals surface area contributed by atoms with E-state index in [1.165, 1.54) is 0 Å². The van der Waals surface area contributed by atoms with Crippen molar-refractivity contribution >= 4 is 21.6 Å². The monoisotopic (exact) mass is 308 g/mol.